The Kier molecular flexibility index (Phi) is 9.27. The van der Waals surface area contributed by atoms with E-state index < -0.39 is 47.7 Å². The third-order valence-corrected chi connectivity index (χ3v) is 5.88. The lowest BCUT2D eigenvalue weighted by Crippen LogP contribution is -2.59. The summed E-state index contributed by atoms with van der Waals surface area (Å²) < 4.78 is 21.7. The van der Waals surface area contributed by atoms with E-state index >= 15 is 0 Å². The molecule has 2 rings (SSSR count). The number of esters is 3. The van der Waals surface area contributed by atoms with Gasteiger partial charge < -0.3 is 18.9 Å². The van der Waals surface area contributed by atoms with E-state index in [9.17, 15) is 14.4 Å². The minimum Gasteiger partial charge on any atom is -0.463 e. The highest BCUT2D eigenvalue weighted by molar-refractivity contribution is 8.00. The Balaban J connectivity index is 2.46. The van der Waals surface area contributed by atoms with E-state index in [0.29, 0.717) is 14.9 Å². The van der Waals surface area contributed by atoms with Gasteiger partial charge in [-0.1, -0.05) is 40.1 Å². The van der Waals surface area contributed by atoms with Crippen LogP contribution >= 0.6 is 35.0 Å². The van der Waals surface area contributed by atoms with Crippen LogP contribution in [-0.2, 0) is 33.3 Å². The fourth-order valence-electron chi connectivity index (χ4n) is 2.86. The lowest BCUT2D eigenvalue weighted by Gasteiger charge is -2.43. The summed E-state index contributed by atoms with van der Waals surface area (Å²) in [5, 5.41) is 4.44. The molecule has 0 N–H and O–H groups in total. The van der Waals surface area contributed by atoms with Gasteiger partial charge in [-0.25, -0.2) is 0 Å². The summed E-state index contributed by atoms with van der Waals surface area (Å²) in [6.07, 6.45) is -3.31. The van der Waals surface area contributed by atoms with Gasteiger partial charge in [-0.2, -0.15) is 0 Å². The summed E-state index contributed by atoms with van der Waals surface area (Å²) in [5.41, 5.74) is 8.15. The minimum atomic E-state index is -1.17. The average molecular weight is 492 g/mol. The molecule has 0 aliphatic carbocycles. The maximum Gasteiger partial charge on any atom is 0.303 e. The highest BCUT2D eigenvalue weighted by atomic mass is 35.5. The predicted molar refractivity (Wildman–Crippen MR) is 112 cm³/mol. The molecule has 10 nitrogen and oxygen atoms in total. The lowest BCUT2D eigenvalue weighted by atomic mass is 9.97. The summed E-state index contributed by atoms with van der Waals surface area (Å²) >= 11 is 13.3. The quantitative estimate of drug-likeness (QED) is 0.184. The van der Waals surface area contributed by atoms with Crippen LogP contribution in [-0.4, -0.2) is 54.3 Å². The largest absolute Gasteiger partial charge is 0.463 e. The third kappa shape index (κ3) is 7.19. The van der Waals surface area contributed by atoms with Crippen LogP contribution in [0.2, 0.25) is 10.0 Å². The number of hydrogen-bond acceptors (Lipinski definition) is 9. The van der Waals surface area contributed by atoms with Gasteiger partial charge >= 0.3 is 17.9 Å². The number of hydrogen-bond donors (Lipinski definition) is 0. The van der Waals surface area contributed by atoms with Crippen molar-refractivity contribution in [2.75, 3.05) is 6.61 Å². The van der Waals surface area contributed by atoms with E-state index in [2.05, 4.69) is 10.0 Å². The highest BCUT2D eigenvalue weighted by Crippen LogP contribution is 2.40. The molecule has 0 radical (unpaired) electrons. The van der Waals surface area contributed by atoms with Crippen LogP contribution in [0, 0.1) is 0 Å². The van der Waals surface area contributed by atoms with Crippen molar-refractivity contribution in [1.29, 1.82) is 0 Å². The summed E-state index contributed by atoms with van der Waals surface area (Å²) in [6.45, 7) is 3.25. The van der Waals surface area contributed by atoms with Gasteiger partial charge in [0.25, 0.3) is 0 Å². The second-order valence-electron chi connectivity index (χ2n) is 6.38. The van der Waals surface area contributed by atoms with Crippen LogP contribution in [0.25, 0.3) is 10.4 Å². The molecular formula is C18H19Cl2N3O7S. The van der Waals surface area contributed by atoms with Crippen molar-refractivity contribution < 1.29 is 33.3 Å². The van der Waals surface area contributed by atoms with E-state index in [0.717, 1.165) is 18.7 Å². The van der Waals surface area contributed by atoms with Crippen molar-refractivity contribution >= 4 is 52.9 Å². The molecule has 0 saturated carbocycles. The molecule has 0 amide bonds. The molecule has 0 bridgehead atoms. The summed E-state index contributed by atoms with van der Waals surface area (Å²) in [6, 6.07) is 3.63. The molecule has 1 aliphatic rings. The van der Waals surface area contributed by atoms with Gasteiger partial charge in [0, 0.05) is 35.6 Å². The van der Waals surface area contributed by atoms with Crippen LogP contribution in [0.5, 0.6) is 0 Å². The number of rotatable bonds is 7. The molecule has 31 heavy (non-hydrogen) atoms. The number of thioether (sulfide) groups is 1. The van der Waals surface area contributed by atoms with Crippen molar-refractivity contribution in [2.45, 2.75) is 55.5 Å². The standard InChI is InChI=1S/C18H19Cl2N3O7S/c1-8(24)27-7-13-16(28-9(2)25)15(22-23-21)17(29-10(3)26)18(30-13)31-14-5-4-11(19)6-12(14)20/h4-6,13,15-18H,7H2,1-3H3/t13-,15+,16+,17-,18-/m1/s1. The van der Waals surface area contributed by atoms with Gasteiger partial charge in [0.1, 0.15) is 36.4 Å². The number of nitrogens with zero attached hydrogens (tertiary/aromatic N) is 3. The first-order valence-corrected chi connectivity index (χ1v) is 10.5. The van der Waals surface area contributed by atoms with Gasteiger partial charge in [0.05, 0.1) is 5.02 Å². The average Bonchev–Trinajstić information content (AvgIpc) is 2.66. The van der Waals surface area contributed by atoms with Crippen molar-refractivity contribution in [3.8, 4) is 0 Å². The second kappa shape index (κ2) is 11.4. The molecule has 1 saturated heterocycles. The second-order valence-corrected chi connectivity index (χ2v) is 8.37. The Morgan fingerprint density at radius 2 is 1.77 bits per heavy atom. The van der Waals surface area contributed by atoms with E-state index in [1.807, 2.05) is 0 Å². The third-order valence-electron chi connectivity index (χ3n) is 3.99. The number of carbonyl (C=O) groups excluding carboxylic acids is 3. The number of azide groups is 1. The van der Waals surface area contributed by atoms with Crippen LogP contribution < -0.4 is 0 Å². The molecule has 13 heteroatoms. The Hall–Kier alpha value is -2.17. The first kappa shape index (κ1) is 25.1. The molecule has 168 valence electrons. The van der Waals surface area contributed by atoms with Crippen molar-refractivity contribution in [1.82, 2.24) is 0 Å². The molecule has 0 spiro atoms. The lowest BCUT2D eigenvalue weighted by molar-refractivity contribution is -0.201. The zero-order valence-corrected chi connectivity index (χ0v) is 19.0. The van der Waals surface area contributed by atoms with Crippen LogP contribution in [0.3, 0.4) is 0 Å². The van der Waals surface area contributed by atoms with Crippen LogP contribution in [0.15, 0.2) is 28.2 Å². The van der Waals surface area contributed by atoms with E-state index in [1.165, 1.54) is 19.9 Å². The Morgan fingerprint density at radius 1 is 1.13 bits per heavy atom. The Bertz CT molecular complexity index is 897. The first-order valence-electron chi connectivity index (χ1n) is 8.91. The molecule has 0 unspecified atom stereocenters. The maximum absolute atomic E-state index is 11.8. The molecule has 0 aromatic heterocycles. The van der Waals surface area contributed by atoms with E-state index in [-0.39, 0.29) is 6.61 Å². The SMILES string of the molecule is CC(=O)OC[C@H]1O[C@H](Sc2ccc(Cl)cc2Cl)[C@H](OC(C)=O)[C@@H](N=[N+]=[N-])[C@H]1OC(C)=O. The number of benzene rings is 1. The maximum atomic E-state index is 11.8. The topological polar surface area (TPSA) is 137 Å². The number of carbonyl (C=O) groups is 3. The van der Waals surface area contributed by atoms with Crippen molar-refractivity contribution in [2.24, 2.45) is 5.11 Å². The highest BCUT2D eigenvalue weighted by Gasteiger charge is 2.50. The number of ether oxygens (including phenoxy) is 4. The van der Waals surface area contributed by atoms with E-state index in [1.54, 1.807) is 12.1 Å². The van der Waals surface area contributed by atoms with Crippen LogP contribution in [0.1, 0.15) is 20.8 Å². The zero-order valence-electron chi connectivity index (χ0n) is 16.7. The molecule has 5 atom stereocenters. The van der Waals surface area contributed by atoms with Gasteiger partial charge in [-0.3, -0.25) is 14.4 Å². The molecule has 1 fully saturated rings. The predicted octanol–water partition coefficient (Wildman–Crippen LogP) is 3.92. The van der Waals surface area contributed by atoms with Crippen molar-refractivity contribution in [3.63, 3.8) is 0 Å². The fraction of sp³-hybridized carbons (Fsp3) is 0.500. The smallest absolute Gasteiger partial charge is 0.303 e. The first-order chi connectivity index (χ1) is 14.6. The number of halogens is 2. The van der Waals surface area contributed by atoms with Gasteiger partial charge in [-0.05, 0) is 23.7 Å². The molecule has 1 aromatic carbocycles. The van der Waals surface area contributed by atoms with Gasteiger partial charge in [0.2, 0.25) is 0 Å². The Labute approximate surface area is 192 Å². The summed E-state index contributed by atoms with van der Waals surface area (Å²) in [7, 11) is 0. The molecule has 1 heterocycles. The van der Waals surface area contributed by atoms with Crippen molar-refractivity contribution in [3.05, 3.63) is 38.7 Å². The van der Waals surface area contributed by atoms with Crippen LogP contribution in [0.4, 0.5) is 0 Å². The Morgan fingerprint density at radius 3 is 2.32 bits per heavy atom. The summed E-state index contributed by atoms with van der Waals surface area (Å²) in [5.74, 6) is -1.94. The molecular weight excluding hydrogens is 473 g/mol. The zero-order chi connectivity index (χ0) is 23.1. The fourth-order valence-corrected chi connectivity index (χ4v) is 4.52. The molecule has 1 aliphatic heterocycles. The van der Waals surface area contributed by atoms with Gasteiger partial charge in [-0.15, -0.1) is 0 Å². The van der Waals surface area contributed by atoms with E-state index in [4.69, 9.17) is 47.7 Å². The summed E-state index contributed by atoms with van der Waals surface area (Å²) in [4.78, 5) is 38.1. The monoisotopic (exact) mass is 491 g/mol. The minimum absolute atomic E-state index is 0.289. The van der Waals surface area contributed by atoms with Gasteiger partial charge in [0.15, 0.2) is 0 Å². The normalized spacial score (nSPS) is 25.1. The molecule has 1 aromatic rings.